The van der Waals surface area contributed by atoms with Gasteiger partial charge in [0.15, 0.2) is 0 Å². The fourth-order valence-electron chi connectivity index (χ4n) is 2.91. The van der Waals surface area contributed by atoms with Crippen molar-refractivity contribution < 1.29 is 9.72 Å². The summed E-state index contributed by atoms with van der Waals surface area (Å²) < 4.78 is 1.83. The average Bonchev–Trinajstić information content (AvgIpc) is 2.96. The Morgan fingerprint density at radius 1 is 1.14 bits per heavy atom. The first-order valence-corrected chi connectivity index (χ1v) is 8.72. The highest BCUT2D eigenvalue weighted by Crippen LogP contribution is 2.22. The quantitative estimate of drug-likeness (QED) is 0.407. The van der Waals surface area contributed by atoms with Crippen molar-refractivity contribution in [1.29, 1.82) is 0 Å². The summed E-state index contributed by atoms with van der Waals surface area (Å²) in [5, 5.41) is 18.2. The highest BCUT2D eigenvalue weighted by atomic mass is 16.6. The Labute approximate surface area is 162 Å². The zero-order valence-corrected chi connectivity index (χ0v) is 15.8. The Balaban J connectivity index is 1.81. The van der Waals surface area contributed by atoms with E-state index in [2.05, 4.69) is 10.4 Å². The first-order chi connectivity index (χ1) is 13.4. The van der Waals surface area contributed by atoms with Gasteiger partial charge in [0.2, 0.25) is 5.91 Å². The van der Waals surface area contributed by atoms with Gasteiger partial charge >= 0.3 is 0 Å². The van der Waals surface area contributed by atoms with Crippen molar-refractivity contribution in [2.24, 2.45) is 0 Å². The molecule has 1 aromatic heterocycles. The molecule has 7 heteroatoms. The van der Waals surface area contributed by atoms with Crippen LogP contribution in [0.4, 0.5) is 11.4 Å². The minimum Gasteiger partial charge on any atom is -0.322 e. The van der Waals surface area contributed by atoms with Gasteiger partial charge in [0, 0.05) is 29.5 Å². The fourth-order valence-corrected chi connectivity index (χ4v) is 2.91. The van der Waals surface area contributed by atoms with E-state index >= 15 is 0 Å². The normalized spacial score (nSPS) is 11.0. The first-order valence-electron chi connectivity index (χ1n) is 8.72. The minimum atomic E-state index is -0.490. The van der Waals surface area contributed by atoms with Crippen molar-refractivity contribution >= 4 is 23.4 Å². The van der Waals surface area contributed by atoms with Crippen molar-refractivity contribution in [1.82, 2.24) is 9.78 Å². The van der Waals surface area contributed by atoms with Gasteiger partial charge in [0.1, 0.15) is 0 Å². The van der Waals surface area contributed by atoms with Crippen LogP contribution in [0.2, 0.25) is 0 Å². The van der Waals surface area contributed by atoms with Gasteiger partial charge in [0.25, 0.3) is 5.69 Å². The summed E-state index contributed by atoms with van der Waals surface area (Å²) in [6, 6.07) is 14.1. The third-order valence-electron chi connectivity index (χ3n) is 4.44. The van der Waals surface area contributed by atoms with Crippen LogP contribution in [0, 0.1) is 30.9 Å². The van der Waals surface area contributed by atoms with Gasteiger partial charge in [-0.15, -0.1) is 0 Å². The molecule has 28 heavy (non-hydrogen) atoms. The number of carbonyl (C=O) groups excluding carboxylic acids is 1. The smallest absolute Gasteiger partial charge is 0.271 e. The first kappa shape index (κ1) is 19.0. The van der Waals surface area contributed by atoms with E-state index in [1.807, 2.05) is 48.9 Å². The average molecular weight is 376 g/mol. The predicted octanol–water partition coefficient (Wildman–Crippen LogP) is 4.36. The number of nitrogens with zero attached hydrogens (tertiary/aromatic N) is 3. The number of amides is 1. The summed E-state index contributed by atoms with van der Waals surface area (Å²) in [5.74, 6) is -0.366. The maximum atomic E-state index is 12.3. The van der Waals surface area contributed by atoms with Gasteiger partial charge in [-0.25, -0.2) is 4.68 Å². The Morgan fingerprint density at radius 2 is 1.86 bits per heavy atom. The molecular weight excluding hydrogens is 356 g/mol. The number of aryl methyl sites for hydroxylation is 2. The maximum Gasteiger partial charge on any atom is 0.271 e. The number of rotatable bonds is 5. The largest absolute Gasteiger partial charge is 0.322 e. The number of anilines is 1. The topological polar surface area (TPSA) is 90.1 Å². The lowest BCUT2D eigenvalue weighted by molar-refractivity contribution is -0.384. The van der Waals surface area contributed by atoms with Crippen LogP contribution in [0.1, 0.15) is 22.5 Å². The van der Waals surface area contributed by atoms with E-state index in [0.29, 0.717) is 5.69 Å². The van der Waals surface area contributed by atoms with Gasteiger partial charge in [-0.05, 0) is 44.5 Å². The van der Waals surface area contributed by atoms with Crippen LogP contribution in [0.15, 0.2) is 54.6 Å². The third kappa shape index (κ3) is 3.98. The Bertz CT molecular complexity index is 1070. The number of hydrogen-bond donors (Lipinski definition) is 1. The summed E-state index contributed by atoms with van der Waals surface area (Å²) in [5.41, 5.74) is 4.61. The second-order valence-corrected chi connectivity index (χ2v) is 6.41. The van der Waals surface area contributed by atoms with Crippen LogP contribution in [0.3, 0.4) is 0 Å². The van der Waals surface area contributed by atoms with E-state index in [9.17, 15) is 14.9 Å². The maximum absolute atomic E-state index is 12.3. The van der Waals surface area contributed by atoms with E-state index in [1.165, 1.54) is 18.2 Å². The van der Waals surface area contributed by atoms with Gasteiger partial charge in [-0.2, -0.15) is 5.10 Å². The number of nitrogens with one attached hydrogen (secondary N) is 1. The third-order valence-corrected chi connectivity index (χ3v) is 4.44. The summed E-state index contributed by atoms with van der Waals surface area (Å²) in [4.78, 5) is 22.8. The number of carbonyl (C=O) groups is 1. The van der Waals surface area contributed by atoms with Crippen LogP contribution in [-0.2, 0) is 4.79 Å². The number of aromatic nitrogens is 2. The van der Waals surface area contributed by atoms with Crippen molar-refractivity contribution in [3.05, 3.63) is 87.2 Å². The molecule has 1 amide bonds. The van der Waals surface area contributed by atoms with Crippen LogP contribution >= 0.6 is 0 Å². The number of hydrogen-bond acceptors (Lipinski definition) is 4. The highest BCUT2D eigenvalue weighted by molar-refractivity contribution is 6.02. The van der Waals surface area contributed by atoms with Gasteiger partial charge < -0.3 is 5.32 Å². The number of nitro groups is 1. The SMILES string of the molecule is Cc1ccc([N+](=O)[O-])cc1NC(=O)/C=C/c1c(C)nn(-c2ccccc2)c1C. The number of nitro benzene ring substituents is 1. The fraction of sp³-hybridized carbons (Fsp3) is 0.143. The summed E-state index contributed by atoms with van der Waals surface area (Å²) in [6.07, 6.45) is 3.11. The molecule has 0 atom stereocenters. The van der Waals surface area contributed by atoms with Gasteiger partial charge in [0.05, 0.1) is 22.0 Å². The molecular formula is C21H20N4O3. The molecule has 2 aromatic carbocycles. The molecule has 1 heterocycles. The summed E-state index contributed by atoms with van der Waals surface area (Å²) in [6.45, 7) is 5.60. The summed E-state index contributed by atoms with van der Waals surface area (Å²) >= 11 is 0. The van der Waals surface area contributed by atoms with Crippen molar-refractivity contribution in [3.8, 4) is 5.69 Å². The van der Waals surface area contributed by atoms with Crippen LogP contribution < -0.4 is 5.32 Å². The van der Waals surface area contributed by atoms with E-state index in [4.69, 9.17) is 0 Å². The Kier molecular flexibility index (Phi) is 5.35. The minimum absolute atomic E-state index is 0.0688. The van der Waals surface area contributed by atoms with E-state index in [0.717, 1.165) is 28.2 Å². The second kappa shape index (κ2) is 7.87. The standard InChI is InChI=1S/C21H20N4O3/c1-14-9-10-18(25(27)28)13-20(14)22-21(26)12-11-19-15(2)23-24(16(19)3)17-7-5-4-6-8-17/h4-13H,1-3H3,(H,22,26)/b12-11+. The molecule has 0 spiro atoms. The molecule has 0 aliphatic heterocycles. The van der Waals surface area contributed by atoms with Gasteiger partial charge in [-0.1, -0.05) is 24.3 Å². The van der Waals surface area contributed by atoms with Crippen LogP contribution in [0.5, 0.6) is 0 Å². The number of benzene rings is 2. The molecule has 1 N–H and O–H groups in total. The molecule has 0 saturated carbocycles. The lowest BCUT2D eigenvalue weighted by Gasteiger charge is -2.06. The zero-order valence-electron chi connectivity index (χ0n) is 15.8. The number of para-hydroxylation sites is 1. The molecule has 0 aliphatic carbocycles. The Morgan fingerprint density at radius 3 is 2.54 bits per heavy atom. The van der Waals surface area contributed by atoms with E-state index in [-0.39, 0.29) is 11.6 Å². The molecule has 0 unspecified atom stereocenters. The van der Waals surface area contributed by atoms with Crippen LogP contribution in [-0.4, -0.2) is 20.6 Å². The van der Waals surface area contributed by atoms with Crippen molar-refractivity contribution in [3.63, 3.8) is 0 Å². The molecule has 142 valence electrons. The molecule has 0 saturated heterocycles. The zero-order chi connectivity index (χ0) is 20.3. The molecule has 0 bridgehead atoms. The van der Waals surface area contributed by atoms with E-state index < -0.39 is 4.92 Å². The Hall–Kier alpha value is -3.74. The molecule has 0 aliphatic rings. The molecule has 0 fully saturated rings. The molecule has 0 radical (unpaired) electrons. The van der Waals surface area contributed by atoms with Crippen molar-refractivity contribution in [2.45, 2.75) is 20.8 Å². The van der Waals surface area contributed by atoms with Gasteiger partial charge in [-0.3, -0.25) is 14.9 Å². The molecule has 3 rings (SSSR count). The van der Waals surface area contributed by atoms with Crippen molar-refractivity contribution in [2.75, 3.05) is 5.32 Å². The lowest BCUT2D eigenvalue weighted by atomic mass is 10.1. The van der Waals surface area contributed by atoms with Crippen LogP contribution in [0.25, 0.3) is 11.8 Å². The second-order valence-electron chi connectivity index (χ2n) is 6.41. The predicted molar refractivity (Wildman–Crippen MR) is 109 cm³/mol. The summed E-state index contributed by atoms with van der Waals surface area (Å²) in [7, 11) is 0. The monoisotopic (exact) mass is 376 g/mol. The molecule has 3 aromatic rings. The van der Waals surface area contributed by atoms with E-state index in [1.54, 1.807) is 19.1 Å². The lowest BCUT2D eigenvalue weighted by Crippen LogP contribution is -2.09. The number of non-ortho nitro benzene ring substituents is 1. The highest BCUT2D eigenvalue weighted by Gasteiger charge is 2.12. The molecule has 7 nitrogen and oxygen atoms in total.